The van der Waals surface area contributed by atoms with Crippen molar-refractivity contribution in [3.63, 3.8) is 0 Å². The molecule has 0 radical (unpaired) electrons. The molecule has 1 aromatic rings. The van der Waals surface area contributed by atoms with Crippen molar-refractivity contribution < 1.29 is 13.2 Å². The van der Waals surface area contributed by atoms with Gasteiger partial charge in [-0.3, -0.25) is 0 Å². The van der Waals surface area contributed by atoms with E-state index in [1.807, 2.05) is 22.6 Å². The molecule has 0 aliphatic rings. The Morgan fingerprint density at radius 2 is 2.21 bits per heavy atom. The van der Waals surface area contributed by atoms with E-state index in [0.29, 0.717) is 10.2 Å². The SMILES string of the molecule is CCOc1c(I)cnnc1S(C)(=O)=O. The molecule has 0 bridgehead atoms. The highest BCUT2D eigenvalue weighted by molar-refractivity contribution is 14.1. The van der Waals surface area contributed by atoms with Gasteiger partial charge in [0, 0.05) is 6.26 Å². The van der Waals surface area contributed by atoms with Crippen LogP contribution < -0.4 is 4.74 Å². The normalized spacial score (nSPS) is 11.4. The molecule has 0 spiro atoms. The van der Waals surface area contributed by atoms with E-state index < -0.39 is 9.84 Å². The van der Waals surface area contributed by atoms with Crippen LogP contribution in [0, 0.1) is 3.57 Å². The van der Waals surface area contributed by atoms with E-state index in [1.165, 1.54) is 6.20 Å². The Bertz CT molecular complexity index is 433. The van der Waals surface area contributed by atoms with Gasteiger partial charge in [0.2, 0.25) is 5.03 Å². The second-order valence-electron chi connectivity index (χ2n) is 2.53. The van der Waals surface area contributed by atoms with Crippen LogP contribution in [0.1, 0.15) is 6.92 Å². The minimum absolute atomic E-state index is 0.105. The van der Waals surface area contributed by atoms with Crippen LogP contribution in [0.4, 0.5) is 0 Å². The van der Waals surface area contributed by atoms with E-state index >= 15 is 0 Å². The molecule has 1 aromatic heterocycles. The highest BCUT2D eigenvalue weighted by atomic mass is 127. The number of sulfone groups is 1. The fourth-order valence-corrected chi connectivity index (χ4v) is 2.28. The molecular formula is C7H9IN2O3S. The van der Waals surface area contributed by atoms with E-state index in [9.17, 15) is 8.42 Å². The summed E-state index contributed by atoms with van der Waals surface area (Å²) in [5.74, 6) is 0.283. The Labute approximate surface area is 95.9 Å². The first kappa shape index (κ1) is 11.6. The third-order valence-corrected chi connectivity index (χ3v) is 3.11. The Balaban J connectivity index is 3.36. The van der Waals surface area contributed by atoms with Gasteiger partial charge in [-0.2, -0.15) is 5.10 Å². The van der Waals surface area contributed by atoms with Crippen LogP contribution in [0.2, 0.25) is 0 Å². The number of rotatable bonds is 3. The monoisotopic (exact) mass is 328 g/mol. The summed E-state index contributed by atoms with van der Waals surface area (Å²) < 4.78 is 28.4. The fraction of sp³-hybridized carbons (Fsp3) is 0.429. The van der Waals surface area contributed by atoms with E-state index in [-0.39, 0.29) is 10.8 Å². The molecule has 14 heavy (non-hydrogen) atoms. The van der Waals surface area contributed by atoms with Gasteiger partial charge < -0.3 is 4.74 Å². The van der Waals surface area contributed by atoms with Crippen LogP contribution in [0.5, 0.6) is 5.75 Å². The maximum Gasteiger partial charge on any atom is 0.220 e. The van der Waals surface area contributed by atoms with Gasteiger partial charge in [0.15, 0.2) is 15.6 Å². The molecule has 1 heterocycles. The number of hydrogen-bond acceptors (Lipinski definition) is 5. The lowest BCUT2D eigenvalue weighted by Crippen LogP contribution is -2.08. The van der Waals surface area contributed by atoms with Crippen molar-refractivity contribution in [2.75, 3.05) is 12.9 Å². The molecule has 7 heteroatoms. The second-order valence-corrected chi connectivity index (χ2v) is 5.63. The summed E-state index contributed by atoms with van der Waals surface area (Å²) in [5.41, 5.74) is 0. The van der Waals surface area contributed by atoms with Gasteiger partial charge in [-0.25, -0.2) is 8.42 Å². The number of aromatic nitrogens is 2. The fourth-order valence-electron chi connectivity index (χ4n) is 0.856. The molecule has 78 valence electrons. The van der Waals surface area contributed by atoms with Gasteiger partial charge in [-0.15, -0.1) is 5.10 Å². The average molecular weight is 328 g/mol. The molecule has 0 fully saturated rings. The molecular weight excluding hydrogens is 319 g/mol. The molecule has 5 nitrogen and oxygen atoms in total. The highest BCUT2D eigenvalue weighted by Gasteiger charge is 2.19. The molecule has 0 aliphatic heterocycles. The smallest absolute Gasteiger partial charge is 0.220 e. The van der Waals surface area contributed by atoms with E-state index in [2.05, 4.69) is 10.2 Å². The van der Waals surface area contributed by atoms with Crippen LogP contribution in [0.15, 0.2) is 11.2 Å². The Kier molecular flexibility index (Phi) is 3.65. The predicted molar refractivity (Wildman–Crippen MR) is 59.0 cm³/mol. The molecule has 0 unspecified atom stereocenters. The Hall–Kier alpha value is -0.440. The van der Waals surface area contributed by atoms with Crippen molar-refractivity contribution in [3.05, 3.63) is 9.77 Å². The number of hydrogen-bond donors (Lipinski definition) is 0. The van der Waals surface area contributed by atoms with Gasteiger partial charge in [-0.05, 0) is 29.5 Å². The first-order valence-electron chi connectivity index (χ1n) is 3.81. The molecule has 1 rings (SSSR count). The third-order valence-electron chi connectivity index (χ3n) is 1.37. The summed E-state index contributed by atoms with van der Waals surface area (Å²) >= 11 is 1.96. The van der Waals surface area contributed by atoms with Crippen molar-refractivity contribution in [2.45, 2.75) is 11.9 Å². The van der Waals surface area contributed by atoms with Gasteiger partial charge in [0.05, 0.1) is 16.4 Å². The second kappa shape index (κ2) is 4.39. The summed E-state index contributed by atoms with van der Waals surface area (Å²) in [7, 11) is -3.38. The lowest BCUT2D eigenvalue weighted by Gasteiger charge is -2.07. The number of ether oxygens (including phenoxy) is 1. The van der Waals surface area contributed by atoms with Crippen LogP contribution in [-0.4, -0.2) is 31.5 Å². The van der Waals surface area contributed by atoms with E-state index in [0.717, 1.165) is 6.26 Å². The molecule has 0 N–H and O–H groups in total. The Morgan fingerprint density at radius 1 is 1.57 bits per heavy atom. The minimum atomic E-state index is -3.38. The van der Waals surface area contributed by atoms with Gasteiger partial charge >= 0.3 is 0 Å². The van der Waals surface area contributed by atoms with E-state index in [1.54, 1.807) is 6.92 Å². The van der Waals surface area contributed by atoms with Gasteiger partial charge in [-0.1, -0.05) is 0 Å². The quantitative estimate of drug-likeness (QED) is 0.771. The first-order valence-corrected chi connectivity index (χ1v) is 6.78. The topological polar surface area (TPSA) is 69.2 Å². The zero-order chi connectivity index (χ0) is 10.8. The maximum absolute atomic E-state index is 11.3. The third kappa shape index (κ3) is 2.53. The zero-order valence-electron chi connectivity index (χ0n) is 7.69. The van der Waals surface area contributed by atoms with Crippen LogP contribution in [0.25, 0.3) is 0 Å². The largest absolute Gasteiger partial charge is 0.490 e. The molecule has 0 aromatic carbocycles. The van der Waals surface area contributed by atoms with Crippen LogP contribution in [-0.2, 0) is 9.84 Å². The molecule has 0 aliphatic carbocycles. The summed E-state index contributed by atoms with van der Waals surface area (Å²) in [4.78, 5) is 0. The van der Waals surface area contributed by atoms with Crippen molar-refractivity contribution in [1.82, 2.24) is 10.2 Å². The van der Waals surface area contributed by atoms with Crippen molar-refractivity contribution in [1.29, 1.82) is 0 Å². The van der Waals surface area contributed by atoms with Crippen molar-refractivity contribution >= 4 is 32.4 Å². The van der Waals surface area contributed by atoms with Crippen LogP contribution >= 0.6 is 22.6 Å². The van der Waals surface area contributed by atoms with Crippen molar-refractivity contribution in [3.8, 4) is 5.75 Å². The maximum atomic E-state index is 11.3. The highest BCUT2D eigenvalue weighted by Crippen LogP contribution is 2.26. The molecule has 0 saturated carbocycles. The zero-order valence-corrected chi connectivity index (χ0v) is 10.7. The average Bonchev–Trinajstić information content (AvgIpc) is 2.07. The first-order chi connectivity index (χ1) is 6.46. The lowest BCUT2D eigenvalue weighted by molar-refractivity contribution is 0.323. The lowest BCUT2D eigenvalue weighted by atomic mass is 10.5. The standard InChI is InChI=1S/C7H9IN2O3S/c1-3-13-6-5(8)4-9-10-7(6)14(2,11)12/h4H,3H2,1-2H3. The molecule has 0 saturated heterocycles. The summed E-state index contributed by atoms with van der Waals surface area (Å²) in [6, 6.07) is 0. The number of halogens is 1. The summed E-state index contributed by atoms with van der Waals surface area (Å²) in [5, 5.41) is 7.03. The summed E-state index contributed by atoms with van der Waals surface area (Å²) in [6.45, 7) is 2.17. The van der Waals surface area contributed by atoms with Gasteiger partial charge in [0.1, 0.15) is 0 Å². The predicted octanol–water partition coefficient (Wildman–Crippen LogP) is 0.883. The number of nitrogens with zero attached hydrogens (tertiary/aromatic N) is 2. The minimum Gasteiger partial charge on any atom is -0.490 e. The van der Waals surface area contributed by atoms with Crippen LogP contribution in [0.3, 0.4) is 0 Å². The van der Waals surface area contributed by atoms with Crippen molar-refractivity contribution in [2.24, 2.45) is 0 Å². The summed E-state index contributed by atoms with van der Waals surface area (Å²) in [6.07, 6.45) is 2.54. The Morgan fingerprint density at radius 3 is 2.71 bits per heavy atom. The molecule has 0 atom stereocenters. The van der Waals surface area contributed by atoms with Gasteiger partial charge in [0.25, 0.3) is 0 Å². The molecule has 0 amide bonds. The van der Waals surface area contributed by atoms with E-state index in [4.69, 9.17) is 4.74 Å².